The minimum Gasteiger partial charge on any atom is -0.378 e. The van der Waals surface area contributed by atoms with Crippen molar-refractivity contribution in [2.75, 3.05) is 57.4 Å². The first-order valence-electron chi connectivity index (χ1n) is 8.12. The first-order valence-corrected chi connectivity index (χ1v) is 8.49. The van der Waals surface area contributed by atoms with E-state index in [9.17, 15) is 4.79 Å². The van der Waals surface area contributed by atoms with E-state index in [0.29, 0.717) is 31.3 Å². The molecule has 6 nitrogen and oxygen atoms in total. The second-order valence-electron chi connectivity index (χ2n) is 5.96. The van der Waals surface area contributed by atoms with E-state index < -0.39 is 0 Å². The van der Waals surface area contributed by atoms with Gasteiger partial charge in [0.25, 0.3) is 0 Å². The van der Waals surface area contributed by atoms with Crippen LogP contribution in [-0.4, -0.2) is 79.2 Å². The topological polar surface area (TPSA) is 48.9 Å². The third-order valence-electron chi connectivity index (χ3n) is 4.63. The number of morpholine rings is 1. The summed E-state index contributed by atoms with van der Waals surface area (Å²) in [7, 11) is 0. The average molecular weight is 339 g/mol. The van der Waals surface area contributed by atoms with E-state index >= 15 is 0 Å². The van der Waals surface area contributed by atoms with Gasteiger partial charge in [-0.2, -0.15) is 0 Å². The number of carbonyl (C=O) groups is 1. The Morgan fingerprint density at radius 3 is 2.57 bits per heavy atom. The van der Waals surface area contributed by atoms with Crippen LogP contribution >= 0.6 is 11.6 Å². The second kappa shape index (κ2) is 7.47. The van der Waals surface area contributed by atoms with Gasteiger partial charge in [-0.15, -0.1) is 0 Å². The van der Waals surface area contributed by atoms with Crippen molar-refractivity contribution in [1.82, 2.24) is 14.8 Å². The lowest BCUT2D eigenvalue weighted by Gasteiger charge is -2.40. The number of rotatable bonds is 3. The smallest absolute Gasteiger partial charge is 0.239 e. The van der Waals surface area contributed by atoms with Gasteiger partial charge < -0.3 is 14.5 Å². The highest BCUT2D eigenvalue weighted by molar-refractivity contribution is 6.33. The molecule has 3 heterocycles. The van der Waals surface area contributed by atoms with Crippen molar-refractivity contribution >= 4 is 23.2 Å². The number of pyridine rings is 1. The number of hydrogen-bond acceptors (Lipinski definition) is 5. The number of piperazine rings is 1. The van der Waals surface area contributed by atoms with Gasteiger partial charge in [0, 0.05) is 51.7 Å². The SMILES string of the molecule is CC(C(=O)N1CCOCC1)N1CCN(c2ccncc2Cl)CC1. The normalized spacial score (nSPS) is 21.3. The van der Waals surface area contributed by atoms with Crippen molar-refractivity contribution in [1.29, 1.82) is 0 Å². The zero-order valence-corrected chi connectivity index (χ0v) is 14.2. The Morgan fingerprint density at radius 2 is 1.91 bits per heavy atom. The van der Waals surface area contributed by atoms with Crippen LogP contribution in [0.1, 0.15) is 6.92 Å². The van der Waals surface area contributed by atoms with Crippen LogP contribution in [0.3, 0.4) is 0 Å². The van der Waals surface area contributed by atoms with Crippen molar-refractivity contribution < 1.29 is 9.53 Å². The summed E-state index contributed by atoms with van der Waals surface area (Å²) in [4.78, 5) is 23.0. The van der Waals surface area contributed by atoms with Crippen molar-refractivity contribution in [2.24, 2.45) is 0 Å². The summed E-state index contributed by atoms with van der Waals surface area (Å²) in [6.07, 6.45) is 3.44. The van der Waals surface area contributed by atoms with Crippen LogP contribution in [-0.2, 0) is 9.53 Å². The highest BCUT2D eigenvalue weighted by atomic mass is 35.5. The molecule has 1 aromatic rings. The molecular weight excluding hydrogens is 316 g/mol. The molecule has 1 aromatic heterocycles. The minimum atomic E-state index is -0.0804. The maximum absolute atomic E-state index is 12.6. The second-order valence-corrected chi connectivity index (χ2v) is 6.37. The summed E-state index contributed by atoms with van der Waals surface area (Å²) in [6.45, 7) is 8.15. The molecule has 2 aliphatic heterocycles. The molecule has 1 atom stereocenters. The van der Waals surface area contributed by atoms with Crippen molar-refractivity contribution in [3.05, 3.63) is 23.5 Å². The van der Waals surface area contributed by atoms with Crippen molar-refractivity contribution in [3.63, 3.8) is 0 Å². The van der Waals surface area contributed by atoms with E-state index in [1.165, 1.54) is 0 Å². The Morgan fingerprint density at radius 1 is 1.22 bits per heavy atom. The predicted octanol–water partition coefficient (Wildman–Crippen LogP) is 1.10. The molecule has 1 unspecified atom stereocenters. The monoisotopic (exact) mass is 338 g/mol. The zero-order valence-electron chi connectivity index (χ0n) is 13.4. The fourth-order valence-electron chi connectivity index (χ4n) is 3.18. The first kappa shape index (κ1) is 16.5. The molecule has 7 heteroatoms. The molecule has 126 valence electrons. The van der Waals surface area contributed by atoms with E-state index in [0.717, 1.165) is 31.9 Å². The van der Waals surface area contributed by atoms with Crippen molar-refractivity contribution in [3.8, 4) is 0 Å². The standard InChI is InChI=1S/C16H23ClN4O2/c1-13(16(22)21-8-10-23-11-9-21)19-4-6-20(7-5-19)15-2-3-18-12-14(15)17/h2-3,12-13H,4-11H2,1H3. The molecule has 2 saturated heterocycles. The fourth-order valence-corrected chi connectivity index (χ4v) is 3.42. The molecule has 0 aliphatic carbocycles. The van der Waals surface area contributed by atoms with Gasteiger partial charge in [0.2, 0.25) is 5.91 Å². The van der Waals surface area contributed by atoms with Gasteiger partial charge in [-0.3, -0.25) is 14.7 Å². The third-order valence-corrected chi connectivity index (χ3v) is 4.93. The molecule has 0 saturated carbocycles. The van der Waals surface area contributed by atoms with Gasteiger partial charge in [-0.1, -0.05) is 11.6 Å². The molecule has 0 radical (unpaired) electrons. The van der Waals surface area contributed by atoms with Crippen LogP contribution in [0, 0.1) is 0 Å². The summed E-state index contributed by atoms with van der Waals surface area (Å²) < 4.78 is 5.32. The number of ether oxygens (including phenoxy) is 1. The van der Waals surface area contributed by atoms with E-state index in [1.807, 2.05) is 17.9 Å². The highest BCUT2D eigenvalue weighted by Crippen LogP contribution is 2.25. The van der Waals surface area contributed by atoms with E-state index in [4.69, 9.17) is 16.3 Å². The Balaban J connectivity index is 1.56. The molecule has 3 rings (SSSR count). The van der Waals surface area contributed by atoms with Gasteiger partial charge in [0.1, 0.15) is 0 Å². The largest absolute Gasteiger partial charge is 0.378 e. The lowest BCUT2D eigenvalue weighted by atomic mass is 10.2. The van der Waals surface area contributed by atoms with Crippen LogP contribution in [0.15, 0.2) is 18.5 Å². The van der Waals surface area contributed by atoms with Gasteiger partial charge in [-0.25, -0.2) is 0 Å². The number of aromatic nitrogens is 1. The lowest BCUT2D eigenvalue weighted by molar-refractivity contribution is -0.140. The Hall–Kier alpha value is -1.37. The molecule has 0 spiro atoms. The predicted molar refractivity (Wildman–Crippen MR) is 89.9 cm³/mol. The van der Waals surface area contributed by atoms with Crippen LogP contribution in [0.4, 0.5) is 5.69 Å². The van der Waals surface area contributed by atoms with Crippen LogP contribution < -0.4 is 4.90 Å². The Bertz CT molecular complexity index is 543. The van der Waals surface area contributed by atoms with E-state index in [2.05, 4.69) is 14.8 Å². The maximum atomic E-state index is 12.6. The molecule has 23 heavy (non-hydrogen) atoms. The molecular formula is C16H23ClN4O2. The van der Waals surface area contributed by atoms with Crippen LogP contribution in [0.25, 0.3) is 0 Å². The molecule has 0 N–H and O–H groups in total. The van der Waals surface area contributed by atoms with Crippen LogP contribution in [0.5, 0.6) is 0 Å². The lowest BCUT2D eigenvalue weighted by Crippen LogP contribution is -2.56. The quantitative estimate of drug-likeness (QED) is 0.826. The molecule has 0 bridgehead atoms. The molecule has 2 fully saturated rings. The molecule has 1 amide bonds. The summed E-state index contributed by atoms with van der Waals surface area (Å²) >= 11 is 6.22. The average Bonchev–Trinajstić information content (AvgIpc) is 2.62. The van der Waals surface area contributed by atoms with Gasteiger partial charge in [0.05, 0.1) is 30.0 Å². The summed E-state index contributed by atoms with van der Waals surface area (Å²) in [5.41, 5.74) is 1.02. The zero-order chi connectivity index (χ0) is 16.2. The molecule has 0 aromatic carbocycles. The number of halogens is 1. The minimum absolute atomic E-state index is 0.0804. The first-order chi connectivity index (χ1) is 11.2. The summed E-state index contributed by atoms with van der Waals surface area (Å²) in [5, 5.41) is 0.679. The molecule has 2 aliphatic rings. The fraction of sp³-hybridized carbons (Fsp3) is 0.625. The van der Waals surface area contributed by atoms with Gasteiger partial charge in [-0.05, 0) is 13.0 Å². The van der Waals surface area contributed by atoms with Gasteiger partial charge >= 0.3 is 0 Å². The van der Waals surface area contributed by atoms with Gasteiger partial charge in [0.15, 0.2) is 0 Å². The van der Waals surface area contributed by atoms with E-state index in [1.54, 1.807) is 12.4 Å². The van der Waals surface area contributed by atoms with Crippen molar-refractivity contribution in [2.45, 2.75) is 13.0 Å². The maximum Gasteiger partial charge on any atom is 0.239 e. The number of nitrogens with zero attached hydrogens (tertiary/aromatic N) is 4. The highest BCUT2D eigenvalue weighted by Gasteiger charge is 2.29. The summed E-state index contributed by atoms with van der Waals surface area (Å²) in [5.74, 6) is 0.212. The number of hydrogen-bond donors (Lipinski definition) is 0. The summed E-state index contributed by atoms with van der Waals surface area (Å²) in [6, 6.07) is 1.86. The van der Waals surface area contributed by atoms with E-state index in [-0.39, 0.29) is 11.9 Å². The number of carbonyl (C=O) groups excluding carboxylic acids is 1. The Kier molecular flexibility index (Phi) is 5.35. The number of amides is 1. The van der Waals surface area contributed by atoms with Crippen LogP contribution in [0.2, 0.25) is 5.02 Å². The number of anilines is 1. The Labute approximate surface area is 142 Å². The third kappa shape index (κ3) is 3.76.